The summed E-state index contributed by atoms with van der Waals surface area (Å²) in [5.74, 6) is -0.817. The van der Waals surface area contributed by atoms with Crippen LogP contribution in [0.15, 0.2) is 43.0 Å². The van der Waals surface area contributed by atoms with Crippen molar-refractivity contribution in [1.82, 2.24) is 9.97 Å². The molecule has 2 heterocycles. The summed E-state index contributed by atoms with van der Waals surface area (Å²) in [5.41, 5.74) is 0.779. The van der Waals surface area contributed by atoms with Crippen molar-refractivity contribution in [3.8, 4) is 0 Å². The van der Waals surface area contributed by atoms with Crippen molar-refractivity contribution in [2.24, 2.45) is 0 Å². The van der Waals surface area contributed by atoms with Gasteiger partial charge in [0.05, 0.1) is 18.1 Å². The maximum atomic E-state index is 12.8. The minimum Gasteiger partial charge on any atom is -0.320 e. The molecule has 2 aromatic rings. The summed E-state index contributed by atoms with van der Waals surface area (Å²) in [6, 6.07) is 4.34. The first-order chi connectivity index (χ1) is 7.75. The van der Waals surface area contributed by atoms with Crippen molar-refractivity contribution in [3.05, 3.63) is 54.4 Å². The Balaban J connectivity index is 2.14. The molecule has 0 radical (unpaired) electrons. The van der Waals surface area contributed by atoms with Crippen molar-refractivity contribution in [1.29, 1.82) is 0 Å². The van der Waals surface area contributed by atoms with Crippen molar-refractivity contribution < 1.29 is 9.18 Å². The summed E-state index contributed by atoms with van der Waals surface area (Å²) in [6.45, 7) is 0. The van der Waals surface area contributed by atoms with Crippen LogP contribution >= 0.6 is 0 Å². The number of aromatic nitrogens is 2. The second-order valence-electron chi connectivity index (χ2n) is 3.08. The first-order valence-electron chi connectivity index (χ1n) is 4.57. The van der Waals surface area contributed by atoms with Crippen molar-refractivity contribution in [2.45, 2.75) is 0 Å². The fourth-order valence-electron chi connectivity index (χ4n) is 1.19. The average Bonchev–Trinajstić information content (AvgIpc) is 2.30. The maximum absolute atomic E-state index is 12.8. The molecule has 0 aliphatic carbocycles. The molecule has 1 amide bonds. The Kier molecular flexibility index (Phi) is 2.86. The Bertz CT molecular complexity index is 502. The third-order valence-corrected chi connectivity index (χ3v) is 1.91. The predicted molar refractivity (Wildman–Crippen MR) is 56.4 cm³/mol. The van der Waals surface area contributed by atoms with E-state index in [1.807, 2.05) is 0 Å². The van der Waals surface area contributed by atoms with Crippen LogP contribution in [-0.4, -0.2) is 15.9 Å². The Morgan fingerprint density at radius 2 is 1.94 bits per heavy atom. The van der Waals surface area contributed by atoms with Gasteiger partial charge in [-0.1, -0.05) is 0 Å². The predicted octanol–water partition coefficient (Wildman–Crippen LogP) is 1.87. The summed E-state index contributed by atoms with van der Waals surface area (Å²) in [4.78, 5) is 19.1. The van der Waals surface area contributed by atoms with Crippen LogP contribution in [0.2, 0.25) is 0 Å². The summed E-state index contributed by atoms with van der Waals surface area (Å²) in [6.07, 6.45) is 5.47. The molecule has 0 unspecified atom stereocenters. The largest absolute Gasteiger partial charge is 0.320 e. The molecule has 5 heteroatoms. The summed E-state index contributed by atoms with van der Waals surface area (Å²) >= 11 is 0. The van der Waals surface area contributed by atoms with Crippen LogP contribution in [-0.2, 0) is 0 Å². The number of amides is 1. The Morgan fingerprint density at radius 1 is 1.19 bits per heavy atom. The molecule has 4 nitrogen and oxygen atoms in total. The van der Waals surface area contributed by atoms with Gasteiger partial charge in [0.15, 0.2) is 0 Å². The number of hydrogen-bond donors (Lipinski definition) is 1. The lowest BCUT2D eigenvalue weighted by molar-refractivity contribution is 0.102. The Hall–Kier alpha value is -2.30. The molecule has 0 aliphatic rings. The lowest BCUT2D eigenvalue weighted by Crippen LogP contribution is -2.12. The van der Waals surface area contributed by atoms with E-state index in [2.05, 4.69) is 15.3 Å². The molecule has 0 aliphatic heterocycles. The van der Waals surface area contributed by atoms with Gasteiger partial charge in [0.25, 0.3) is 5.91 Å². The first-order valence-corrected chi connectivity index (χ1v) is 4.57. The molecule has 2 aromatic heterocycles. The van der Waals surface area contributed by atoms with Crippen LogP contribution in [0, 0.1) is 5.82 Å². The highest BCUT2D eigenvalue weighted by atomic mass is 19.1. The molecule has 0 atom stereocenters. The number of hydrogen-bond acceptors (Lipinski definition) is 3. The smallest absolute Gasteiger partial charge is 0.255 e. The van der Waals surface area contributed by atoms with Gasteiger partial charge in [0.2, 0.25) is 0 Å². The number of halogens is 1. The van der Waals surface area contributed by atoms with Crippen molar-refractivity contribution >= 4 is 11.6 Å². The number of rotatable bonds is 2. The van der Waals surface area contributed by atoms with E-state index in [4.69, 9.17) is 0 Å². The molecule has 0 fully saturated rings. The molecule has 2 rings (SSSR count). The van der Waals surface area contributed by atoms with E-state index in [0.29, 0.717) is 11.3 Å². The van der Waals surface area contributed by atoms with Gasteiger partial charge in [-0.25, -0.2) is 4.39 Å². The lowest BCUT2D eigenvalue weighted by atomic mass is 10.2. The van der Waals surface area contributed by atoms with E-state index in [1.165, 1.54) is 24.7 Å². The molecule has 16 heavy (non-hydrogen) atoms. The SMILES string of the molecule is O=C(Nc1cncc(F)c1)c1ccncc1. The molecule has 0 aromatic carbocycles. The van der Waals surface area contributed by atoms with Gasteiger partial charge in [0, 0.05) is 24.0 Å². The molecular weight excluding hydrogens is 209 g/mol. The molecular formula is C11H8FN3O. The van der Waals surface area contributed by atoms with Gasteiger partial charge >= 0.3 is 0 Å². The van der Waals surface area contributed by atoms with Crippen LogP contribution in [0.5, 0.6) is 0 Å². The lowest BCUT2D eigenvalue weighted by Gasteiger charge is -2.03. The van der Waals surface area contributed by atoms with E-state index in [0.717, 1.165) is 6.20 Å². The van der Waals surface area contributed by atoms with E-state index in [9.17, 15) is 9.18 Å². The fraction of sp³-hybridized carbons (Fsp3) is 0. The summed E-state index contributed by atoms with van der Waals surface area (Å²) in [7, 11) is 0. The molecule has 0 saturated carbocycles. The average molecular weight is 217 g/mol. The van der Waals surface area contributed by atoms with E-state index < -0.39 is 5.82 Å². The minimum absolute atomic E-state index is 0.321. The topological polar surface area (TPSA) is 54.9 Å². The fourth-order valence-corrected chi connectivity index (χ4v) is 1.19. The number of nitrogens with one attached hydrogen (secondary N) is 1. The van der Waals surface area contributed by atoms with Crippen molar-refractivity contribution in [2.75, 3.05) is 5.32 Å². The number of anilines is 1. The van der Waals surface area contributed by atoms with E-state index in [-0.39, 0.29) is 5.91 Å². The first kappa shape index (κ1) is 10.2. The van der Waals surface area contributed by atoms with E-state index in [1.54, 1.807) is 12.1 Å². The van der Waals surface area contributed by atoms with Crippen molar-refractivity contribution in [3.63, 3.8) is 0 Å². The number of carbonyl (C=O) groups is 1. The van der Waals surface area contributed by atoms with Gasteiger partial charge in [-0.05, 0) is 12.1 Å². The van der Waals surface area contributed by atoms with Crippen LogP contribution in [0.3, 0.4) is 0 Å². The summed E-state index contributed by atoms with van der Waals surface area (Å²) in [5, 5.41) is 2.53. The van der Waals surface area contributed by atoms with Crippen LogP contribution in [0.4, 0.5) is 10.1 Å². The van der Waals surface area contributed by atoms with Gasteiger partial charge in [-0.3, -0.25) is 14.8 Å². The quantitative estimate of drug-likeness (QED) is 0.835. The zero-order valence-corrected chi connectivity index (χ0v) is 8.22. The molecule has 80 valence electrons. The van der Waals surface area contributed by atoms with E-state index >= 15 is 0 Å². The molecule has 0 bridgehead atoms. The third-order valence-electron chi connectivity index (χ3n) is 1.91. The van der Waals surface area contributed by atoms with Gasteiger partial charge in [-0.2, -0.15) is 0 Å². The van der Waals surface area contributed by atoms with Crippen LogP contribution in [0.1, 0.15) is 10.4 Å². The van der Waals surface area contributed by atoms with Crippen LogP contribution < -0.4 is 5.32 Å². The van der Waals surface area contributed by atoms with Gasteiger partial charge in [0.1, 0.15) is 5.82 Å². The van der Waals surface area contributed by atoms with Crippen LogP contribution in [0.25, 0.3) is 0 Å². The highest BCUT2D eigenvalue weighted by molar-refractivity contribution is 6.04. The Morgan fingerprint density at radius 3 is 2.62 bits per heavy atom. The third kappa shape index (κ3) is 2.38. The maximum Gasteiger partial charge on any atom is 0.255 e. The monoisotopic (exact) mass is 217 g/mol. The zero-order valence-electron chi connectivity index (χ0n) is 8.22. The highest BCUT2D eigenvalue weighted by Gasteiger charge is 2.05. The molecule has 0 saturated heterocycles. The molecule has 1 N–H and O–H groups in total. The van der Waals surface area contributed by atoms with Gasteiger partial charge < -0.3 is 5.32 Å². The number of nitrogens with zero attached hydrogens (tertiary/aromatic N) is 2. The zero-order chi connectivity index (χ0) is 11.4. The summed E-state index contributed by atoms with van der Waals surface area (Å²) < 4.78 is 12.8. The minimum atomic E-state index is -0.493. The number of carbonyl (C=O) groups excluding carboxylic acids is 1. The standard InChI is InChI=1S/C11H8FN3O/c12-9-5-10(7-14-6-9)15-11(16)8-1-3-13-4-2-8/h1-7H,(H,15,16). The van der Waals surface area contributed by atoms with Gasteiger partial charge in [-0.15, -0.1) is 0 Å². The Labute approximate surface area is 91.2 Å². The second kappa shape index (κ2) is 4.48. The highest BCUT2D eigenvalue weighted by Crippen LogP contribution is 2.08. The molecule has 0 spiro atoms. The number of pyridine rings is 2. The normalized spacial score (nSPS) is 9.81. The second-order valence-corrected chi connectivity index (χ2v) is 3.08.